The normalized spacial score (nSPS) is 21.4. The Morgan fingerprint density at radius 1 is 1.32 bits per heavy atom. The molecule has 1 atom stereocenters. The highest BCUT2D eigenvalue weighted by atomic mass is 15.3. The van der Waals surface area contributed by atoms with Gasteiger partial charge < -0.3 is 4.90 Å². The molecule has 1 saturated heterocycles. The predicted octanol–water partition coefficient (Wildman–Crippen LogP) is 2.63. The standard InChI is InChI=1S/C15H22N4/c1-11(2)18-8-5-7-13(10-18)15-17-16-14-12(3)6-4-9-19(14)15/h4,6,9,11,13H,5,7-8,10H2,1-3H3. The highest BCUT2D eigenvalue weighted by molar-refractivity contribution is 5.46. The SMILES string of the molecule is Cc1cccn2c(C3CCCN(C(C)C)C3)nnc12. The summed E-state index contributed by atoms with van der Waals surface area (Å²) in [6.07, 6.45) is 4.56. The lowest BCUT2D eigenvalue weighted by molar-refractivity contribution is 0.164. The van der Waals surface area contributed by atoms with E-state index in [2.05, 4.69) is 58.6 Å². The zero-order valence-electron chi connectivity index (χ0n) is 12.0. The number of likely N-dealkylation sites (tertiary alicyclic amines) is 1. The molecule has 102 valence electrons. The average Bonchev–Trinajstić information content (AvgIpc) is 2.84. The summed E-state index contributed by atoms with van der Waals surface area (Å²) in [5.74, 6) is 1.64. The lowest BCUT2D eigenvalue weighted by atomic mass is 9.96. The molecule has 0 radical (unpaired) electrons. The Kier molecular flexibility index (Phi) is 3.27. The number of rotatable bonds is 2. The van der Waals surface area contributed by atoms with Gasteiger partial charge in [-0.25, -0.2) is 0 Å². The van der Waals surface area contributed by atoms with E-state index in [1.165, 1.54) is 24.9 Å². The molecule has 4 heteroatoms. The van der Waals surface area contributed by atoms with Gasteiger partial charge in [0.2, 0.25) is 0 Å². The van der Waals surface area contributed by atoms with Gasteiger partial charge in [0, 0.05) is 24.7 Å². The van der Waals surface area contributed by atoms with E-state index in [1.54, 1.807) is 0 Å². The summed E-state index contributed by atoms with van der Waals surface area (Å²) in [5, 5.41) is 8.82. The minimum absolute atomic E-state index is 0.507. The Morgan fingerprint density at radius 2 is 2.16 bits per heavy atom. The van der Waals surface area contributed by atoms with Crippen LogP contribution in [0.1, 0.15) is 44.0 Å². The molecule has 19 heavy (non-hydrogen) atoms. The van der Waals surface area contributed by atoms with E-state index in [1.807, 2.05) is 0 Å². The lowest BCUT2D eigenvalue weighted by Gasteiger charge is -2.34. The number of piperidine rings is 1. The molecule has 0 aromatic carbocycles. The average molecular weight is 258 g/mol. The largest absolute Gasteiger partial charge is 0.300 e. The summed E-state index contributed by atoms with van der Waals surface area (Å²) >= 11 is 0. The third-order valence-corrected chi connectivity index (χ3v) is 4.20. The first-order valence-electron chi connectivity index (χ1n) is 7.21. The molecule has 1 unspecified atom stereocenters. The predicted molar refractivity (Wildman–Crippen MR) is 76.4 cm³/mol. The Balaban J connectivity index is 1.94. The van der Waals surface area contributed by atoms with Crippen LogP contribution in [0.15, 0.2) is 18.3 Å². The summed E-state index contributed by atoms with van der Waals surface area (Å²) in [5.41, 5.74) is 2.19. The number of pyridine rings is 1. The van der Waals surface area contributed by atoms with Crippen LogP contribution in [0.2, 0.25) is 0 Å². The van der Waals surface area contributed by atoms with Crippen molar-refractivity contribution in [2.75, 3.05) is 13.1 Å². The van der Waals surface area contributed by atoms with Crippen molar-refractivity contribution in [2.24, 2.45) is 0 Å². The molecule has 0 amide bonds. The van der Waals surface area contributed by atoms with E-state index < -0.39 is 0 Å². The molecule has 4 nitrogen and oxygen atoms in total. The minimum atomic E-state index is 0.507. The van der Waals surface area contributed by atoms with Gasteiger partial charge in [0.1, 0.15) is 5.82 Å². The Hall–Kier alpha value is -1.42. The van der Waals surface area contributed by atoms with E-state index >= 15 is 0 Å². The molecular weight excluding hydrogens is 236 g/mol. The number of hydrogen-bond donors (Lipinski definition) is 0. The minimum Gasteiger partial charge on any atom is -0.300 e. The molecule has 0 saturated carbocycles. The molecule has 3 rings (SSSR count). The van der Waals surface area contributed by atoms with Crippen LogP contribution in [-0.2, 0) is 0 Å². The molecule has 1 aliphatic rings. The van der Waals surface area contributed by atoms with E-state index in [-0.39, 0.29) is 0 Å². The van der Waals surface area contributed by atoms with Gasteiger partial charge in [0.05, 0.1) is 0 Å². The van der Waals surface area contributed by atoms with Gasteiger partial charge in [-0.1, -0.05) is 6.07 Å². The van der Waals surface area contributed by atoms with Gasteiger partial charge in [-0.05, 0) is 51.8 Å². The van der Waals surface area contributed by atoms with Crippen LogP contribution in [-0.4, -0.2) is 38.6 Å². The van der Waals surface area contributed by atoms with Crippen LogP contribution < -0.4 is 0 Å². The molecule has 2 aromatic rings. The van der Waals surface area contributed by atoms with E-state index in [4.69, 9.17) is 0 Å². The zero-order valence-corrected chi connectivity index (χ0v) is 12.0. The van der Waals surface area contributed by atoms with E-state index in [9.17, 15) is 0 Å². The van der Waals surface area contributed by atoms with Crippen molar-refractivity contribution in [1.82, 2.24) is 19.5 Å². The van der Waals surface area contributed by atoms with Crippen LogP contribution in [0.25, 0.3) is 5.65 Å². The fraction of sp³-hybridized carbons (Fsp3) is 0.600. The number of aromatic nitrogens is 3. The third-order valence-electron chi connectivity index (χ3n) is 4.20. The maximum Gasteiger partial charge on any atom is 0.163 e. The van der Waals surface area contributed by atoms with Gasteiger partial charge in [-0.15, -0.1) is 10.2 Å². The van der Waals surface area contributed by atoms with Crippen molar-refractivity contribution in [3.05, 3.63) is 29.7 Å². The summed E-state index contributed by atoms with van der Waals surface area (Å²) in [6, 6.07) is 4.79. The third kappa shape index (κ3) is 2.25. The molecule has 0 N–H and O–H groups in total. The number of hydrogen-bond acceptors (Lipinski definition) is 3. The Labute approximate surface area is 114 Å². The maximum absolute atomic E-state index is 4.46. The molecule has 1 aliphatic heterocycles. The summed E-state index contributed by atoms with van der Waals surface area (Å²) in [4.78, 5) is 2.55. The molecule has 2 aromatic heterocycles. The zero-order chi connectivity index (χ0) is 13.4. The second-order valence-corrected chi connectivity index (χ2v) is 5.87. The van der Waals surface area contributed by atoms with Crippen molar-refractivity contribution in [3.63, 3.8) is 0 Å². The van der Waals surface area contributed by atoms with Crippen molar-refractivity contribution in [3.8, 4) is 0 Å². The van der Waals surface area contributed by atoms with Crippen LogP contribution in [0.4, 0.5) is 0 Å². The molecule has 0 bridgehead atoms. The fourth-order valence-electron chi connectivity index (χ4n) is 3.03. The van der Waals surface area contributed by atoms with Crippen molar-refractivity contribution < 1.29 is 0 Å². The smallest absolute Gasteiger partial charge is 0.163 e. The maximum atomic E-state index is 4.46. The van der Waals surface area contributed by atoms with Gasteiger partial charge in [0.15, 0.2) is 5.65 Å². The quantitative estimate of drug-likeness (QED) is 0.830. The first kappa shape index (κ1) is 12.6. The van der Waals surface area contributed by atoms with E-state index in [0.29, 0.717) is 12.0 Å². The Bertz CT molecular complexity index is 573. The van der Waals surface area contributed by atoms with Crippen LogP contribution in [0, 0.1) is 6.92 Å². The molecule has 0 spiro atoms. The van der Waals surface area contributed by atoms with Gasteiger partial charge in [-0.2, -0.15) is 0 Å². The first-order chi connectivity index (χ1) is 9.16. The summed E-state index contributed by atoms with van der Waals surface area (Å²) in [7, 11) is 0. The monoisotopic (exact) mass is 258 g/mol. The highest BCUT2D eigenvalue weighted by Crippen LogP contribution is 2.27. The molecule has 3 heterocycles. The Morgan fingerprint density at radius 3 is 2.95 bits per heavy atom. The number of aryl methyl sites for hydroxylation is 1. The summed E-state index contributed by atoms with van der Waals surface area (Å²) < 4.78 is 2.17. The number of nitrogens with zero attached hydrogens (tertiary/aromatic N) is 4. The second-order valence-electron chi connectivity index (χ2n) is 5.87. The topological polar surface area (TPSA) is 33.4 Å². The van der Waals surface area contributed by atoms with Crippen molar-refractivity contribution in [2.45, 2.75) is 45.6 Å². The second kappa shape index (κ2) is 4.93. The van der Waals surface area contributed by atoms with Gasteiger partial charge >= 0.3 is 0 Å². The van der Waals surface area contributed by atoms with Gasteiger partial charge in [0.25, 0.3) is 0 Å². The number of fused-ring (bicyclic) bond motifs is 1. The first-order valence-corrected chi connectivity index (χ1v) is 7.21. The van der Waals surface area contributed by atoms with Crippen LogP contribution in [0.5, 0.6) is 0 Å². The highest BCUT2D eigenvalue weighted by Gasteiger charge is 2.26. The fourth-order valence-corrected chi connectivity index (χ4v) is 3.03. The van der Waals surface area contributed by atoms with Gasteiger partial charge in [-0.3, -0.25) is 4.40 Å². The van der Waals surface area contributed by atoms with Crippen LogP contribution >= 0.6 is 0 Å². The van der Waals surface area contributed by atoms with Crippen molar-refractivity contribution >= 4 is 5.65 Å². The van der Waals surface area contributed by atoms with Crippen LogP contribution in [0.3, 0.4) is 0 Å². The lowest BCUT2D eigenvalue weighted by Crippen LogP contribution is -2.39. The molecule has 1 fully saturated rings. The summed E-state index contributed by atoms with van der Waals surface area (Å²) in [6.45, 7) is 8.95. The van der Waals surface area contributed by atoms with Crippen molar-refractivity contribution in [1.29, 1.82) is 0 Å². The molecule has 0 aliphatic carbocycles. The molecular formula is C15H22N4. The van der Waals surface area contributed by atoms with E-state index in [0.717, 1.165) is 18.0 Å².